The van der Waals surface area contributed by atoms with Gasteiger partial charge in [0.15, 0.2) is 0 Å². The molecule has 0 aromatic heterocycles. The first-order valence-electron chi connectivity index (χ1n) is 6.55. The molecule has 0 N–H and O–H groups in total. The third-order valence-electron chi connectivity index (χ3n) is 3.81. The summed E-state index contributed by atoms with van der Waals surface area (Å²) < 4.78 is 0. The van der Waals surface area contributed by atoms with E-state index in [0.717, 1.165) is 6.54 Å². The Morgan fingerprint density at radius 1 is 1.00 bits per heavy atom. The normalized spacial score (nSPS) is 30.0. The molecule has 0 spiro atoms. The minimum absolute atomic E-state index is 0.324. The topological polar surface area (TPSA) is 6.48 Å². The van der Waals surface area contributed by atoms with Crippen LogP contribution in [0, 0.1) is 10.8 Å². The molecule has 2 heteroatoms. The van der Waals surface area contributed by atoms with Crippen molar-refractivity contribution in [3.8, 4) is 0 Å². The summed E-state index contributed by atoms with van der Waals surface area (Å²) in [6.07, 6.45) is 0.571. The maximum atomic E-state index is 2.62. The zero-order valence-corrected chi connectivity index (χ0v) is 12.5. The van der Waals surface area contributed by atoms with Crippen LogP contribution < -0.4 is 0 Å². The van der Waals surface area contributed by atoms with Gasteiger partial charge in [0.05, 0.1) is 6.17 Å². The highest BCUT2D eigenvalue weighted by Crippen LogP contribution is 2.38. The third kappa shape index (κ3) is 2.60. The first kappa shape index (κ1) is 14.0. The van der Waals surface area contributed by atoms with Crippen molar-refractivity contribution in [3.05, 3.63) is 0 Å². The van der Waals surface area contributed by atoms with Crippen molar-refractivity contribution in [1.82, 2.24) is 9.80 Å². The van der Waals surface area contributed by atoms with Crippen molar-refractivity contribution in [2.24, 2.45) is 10.8 Å². The van der Waals surface area contributed by atoms with Crippen LogP contribution >= 0.6 is 0 Å². The molecule has 0 amide bonds. The van der Waals surface area contributed by atoms with Crippen molar-refractivity contribution in [1.29, 1.82) is 0 Å². The van der Waals surface area contributed by atoms with Crippen LogP contribution in [0.2, 0.25) is 0 Å². The molecular formula is C14H30N2. The molecule has 1 saturated heterocycles. The lowest BCUT2D eigenvalue weighted by Crippen LogP contribution is -2.48. The summed E-state index contributed by atoms with van der Waals surface area (Å²) in [5, 5.41) is 0. The summed E-state index contributed by atoms with van der Waals surface area (Å²) in [6.45, 7) is 18.7. The van der Waals surface area contributed by atoms with Crippen LogP contribution in [0.5, 0.6) is 0 Å². The van der Waals surface area contributed by atoms with Gasteiger partial charge < -0.3 is 0 Å². The molecule has 1 rings (SSSR count). The quantitative estimate of drug-likeness (QED) is 0.678. The van der Waals surface area contributed by atoms with E-state index in [1.807, 2.05) is 0 Å². The highest BCUT2D eigenvalue weighted by Gasteiger charge is 2.46. The zero-order valence-electron chi connectivity index (χ0n) is 12.5. The fourth-order valence-corrected chi connectivity index (χ4v) is 3.22. The van der Waals surface area contributed by atoms with Gasteiger partial charge in [-0.25, -0.2) is 0 Å². The van der Waals surface area contributed by atoms with E-state index >= 15 is 0 Å². The minimum Gasteiger partial charge on any atom is -0.286 e. The van der Waals surface area contributed by atoms with Crippen LogP contribution in [-0.4, -0.2) is 42.1 Å². The third-order valence-corrected chi connectivity index (χ3v) is 3.81. The van der Waals surface area contributed by atoms with Crippen LogP contribution in [0.25, 0.3) is 0 Å². The molecule has 1 aliphatic rings. The standard InChI is InChI=1S/C14H30N2/c1-9-16-10-11(13(2,3)4)15(8)12(16)14(5,6)7/h11-12H,9-10H2,1-8H3. The number of hydrogen-bond acceptors (Lipinski definition) is 2. The molecular weight excluding hydrogens is 196 g/mol. The Bertz CT molecular complexity index is 234. The van der Waals surface area contributed by atoms with Gasteiger partial charge >= 0.3 is 0 Å². The van der Waals surface area contributed by atoms with E-state index in [2.05, 4.69) is 65.3 Å². The molecule has 0 aliphatic carbocycles. The first-order chi connectivity index (χ1) is 7.09. The van der Waals surface area contributed by atoms with Crippen molar-refractivity contribution < 1.29 is 0 Å². The summed E-state index contributed by atoms with van der Waals surface area (Å²) in [7, 11) is 2.29. The second-order valence-electron chi connectivity index (χ2n) is 7.37. The molecule has 1 heterocycles. The summed E-state index contributed by atoms with van der Waals surface area (Å²) in [6, 6.07) is 0.664. The van der Waals surface area contributed by atoms with Crippen LogP contribution in [0.1, 0.15) is 48.5 Å². The monoisotopic (exact) mass is 226 g/mol. The Labute approximate surface area is 102 Å². The second-order valence-corrected chi connectivity index (χ2v) is 7.37. The SMILES string of the molecule is CCN1CC(C(C)(C)C)N(C)C1C(C)(C)C. The molecule has 0 saturated carbocycles. The summed E-state index contributed by atoms with van der Waals surface area (Å²) in [5.74, 6) is 0. The average molecular weight is 226 g/mol. The summed E-state index contributed by atoms with van der Waals surface area (Å²) in [5.41, 5.74) is 0.687. The van der Waals surface area contributed by atoms with Gasteiger partial charge in [-0.1, -0.05) is 48.5 Å². The van der Waals surface area contributed by atoms with Crippen LogP contribution in [0.4, 0.5) is 0 Å². The maximum absolute atomic E-state index is 2.62. The van der Waals surface area contributed by atoms with Gasteiger partial charge in [0.25, 0.3) is 0 Å². The fourth-order valence-electron chi connectivity index (χ4n) is 3.22. The Balaban J connectivity index is 2.94. The van der Waals surface area contributed by atoms with Crippen molar-refractivity contribution in [2.45, 2.75) is 60.7 Å². The van der Waals surface area contributed by atoms with Gasteiger partial charge in [0.1, 0.15) is 0 Å². The van der Waals surface area contributed by atoms with Crippen LogP contribution in [-0.2, 0) is 0 Å². The average Bonchev–Trinajstić information content (AvgIpc) is 2.40. The van der Waals surface area contributed by atoms with Crippen LogP contribution in [0.3, 0.4) is 0 Å². The summed E-state index contributed by atoms with van der Waals surface area (Å²) in [4.78, 5) is 5.21. The van der Waals surface area contributed by atoms with Gasteiger partial charge in [0, 0.05) is 12.6 Å². The van der Waals surface area contributed by atoms with E-state index in [9.17, 15) is 0 Å². The highest BCUT2D eigenvalue weighted by molar-refractivity contribution is 4.97. The molecule has 16 heavy (non-hydrogen) atoms. The zero-order chi connectivity index (χ0) is 12.7. The number of hydrogen-bond donors (Lipinski definition) is 0. The van der Waals surface area contributed by atoms with E-state index < -0.39 is 0 Å². The predicted molar refractivity (Wildman–Crippen MR) is 71.5 cm³/mol. The molecule has 96 valence electrons. The highest BCUT2D eigenvalue weighted by atomic mass is 15.4. The first-order valence-corrected chi connectivity index (χ1v) is 6.55. The second kappa shape index (κ2) is 4.30. The Morgan fingerprint density at radius 3 is 1.75 bits per heavy atom. The Morgan fingerprint density at radius 2 is 1.50 bits per heavy atom. The molecule has 0 aromatic rings. The molecule has 0 aromatic carbocycles. The molecule has 0 radical (unpaired) electrons. The van der Waals surface area contributed by atoms with Gasteiger partial charge in [-0.15, -0.1) is 0 Å². The molecule has 1 aliphatic heterocycles. The minimum atomic E-state index is 0.324. The lowest BCUT2D eigenvalue weighted by molar-refractivity contribution is 0.0344. The fraction of sp³-hybridized carbons (Fsp3) is 1.00. The van der Waals surface area contributed by atoms with Gasteiger partial charge in [-0.05, 0) is 24.4 Å². The van der Waals surface area contributed by atoms with Gasteiger partial charge in [-0.2, -0.15) is 0 Å². The van der Waals surface area contributed by atoms with E-state index in [1.165, 1.54) is 6.54 Å². The van der Waals surface area contributed by atoms with Crippen molar-refractivity contribution in [3.63, 3.8) is 0 Å². The van der Waals surface area contributed by atoms with E-state index in [-0.39, 0.29) is 0 Å². The van der Waals surface area contributed by atoms with E-state index in [4.69, 9.17) is 0 Å². The molecule has 2 atom stereocenters. The van der Waals surface area contributed by atoms with Crippen molar-refractivity contribution in [2.75, 3.05) is 20.1 Å². The summed E-state index contributed by atoms with van der Waals surface area (Å²) >= 11 is 0. The predicted octanol–water partition coefficient (Wildman–Crippen LogP) is 3.04. The number of rotatable bonds is 1. The molecule has 0 bridgehead atoms. The Hall–Kier alpha value is -0.0800. The van der Waals surface area contributed by atoms with Gasteiger partial charge in [0.2, 0.25) is 0 Å². The number of likely N-dealkylation sites (N-methyl/N-ethyl adjacent to an activating group) is 2. The van der Waals surface area contributed by atoms with E-state index in [1.54, 1.807) is 0 Å². The maximum Gasteiger partial charge on any atom is 0.0673 e. The lowest BCUT2D eigenvalue weighted by atomic mass is 9.85. The van der Waals surface area contributed by atoms with Gasteiger partial charge in [-0.3, -0.25) is 9.80 Å². The van der Waals surface area contributed by atoms with Crippen LogP contribution in [0.15, 0.2) is 0 Å². The van der Waals surface area contributed by atoms with Crippen molar-refractivity contribution >= 4 is 0 Å². The van der Waals surface area contributed by atoms with E-state index in [0.29, 0.717) is 23.0 Å². The smallest absolute Gasteiger partial charge is 0.0673 e. The molecule has 1 fully saturated rings. The lowest BCUT2D eigenvalue weighted by Gasteiger charge is -2.40. The molecule has 2 unspecified atom stereocenters. The largest absolute Gasteiger partial charge is 0.286 e. The Kier molecular flexibility index (Phi) is 3.76. The number of nitrogens with zero attached hydrogens (tertiary/aromatic N) is 2. The molecule has 2 nitrogen and oxygen atoms in total.